The zero-order chi connectivity index (χ0) is 48.2. The number of carbonyl (C=O) groups excluding carboxylic acids is 1. The Kier molecular flexibility index (Phi) is 29.0. The van der Waals surface area contributed by atoms with Gasteiger partial charge >= 0.3 is 5.97 Å². The van der Waals surface area contributed by atoms with Crippen molar-refractivity contribution in [2.45, 2.75) is 251 Å². The Balaban J connectivity index is 2.15. The van der Waals surface area contributed by atoms with Gasteiger partial charge in [-0.1, -0.05) is 201 Å². The van der Waals surface area contributed by atoms with E-state index in [1.165, 1.54) is 103 Å². The van der Waals surface area contributed by atoms with E-state index in [0.29, 0.717) is 26.1 Å². The number of hydrogen-bond donors (Lipinski definition) is 1. The highest BCUT2D eigenvalue weighted by atomic mass is 28.4. The van der Waals surface area contributed by atoms with Crippen LogP contribution in [0.3, 0.4) is 0 Å². The van der Waals surface area contributed by atoms with Gasteiger partial charge in [-0.15, -0.1) is 0 Å². The molecule has 0 aliphatic heterocycles. The van der Waals surface area contributed by atoms with Crippen molar-refractivity contribution in [1.29, 1.82) is 0 Å². The summed E-state index contributed by atoms with van der Waals surface area (Å²) in [5.41, 5.74) is 8.69. The Morgan fingerprint density at radius 2 is 1.03 bits per heavy atom. The molecule has 0 amide bonds. The standard InChI is InChI=1S/C56H102N2O5Si2/c1-13-15-17-19-21-23-25-30-35-51(62-64(9,10)55(3,4)5)45-58(46-52(63-65(11,12)56(6,7)8)36-31-26-24-22-20-18-16-14-2)43-32-44-60-54(59)53(57)42-39-48-37-40-50(41-38-48)61-47-49-33-28-27-29-34-49/h27-29,33-34,37-38,40-41,51-53H,13-26,30-32,35-36,39,42-47,57H2,1-12H3/t51?,52?,53-/m0/s1. The molecule has 0 bridgehead atoms. The van der Waals surface area contributed by atoms with Gasteiger partial charge < -0.3 is 24.1 Å². The third-order valence-corrected chi connectivity index (χ3v) is 23.4. The van der Waals surface area contributed by atoms with Gasteiger partial charge in [0, 0.05) is 19.6 Å². The van der Waals surface area contributed by atoms with Crippen molar-refractivity contribution >= 4 is 22.6 Å². The molecule has 0 saturated heterocycles. The number of nitrogens with two attached hydrogens (primary N) is 1. The van der Waals surface area contributed by atoms with Gasteiger partial charge in [0.25, 0.3) is 0 Å². The molecule has 9 heteroatoms. The lowest BCUT2D eigenvalue weighted by molar-refractivity contribution is -0.145. The van der Waals surface area contributed by atoms with Crippen molar-refractivity contribution < 1.29 is 23.1 Å². The minimum Gasteiger partial charge on any atom is -0.489 e. The second-order valence-electron chi connectivity index (χ2n) is 22.4. The molecule has 2 rings (SSSR count). The average molecular weight is 940 g/mol. The van der Waals surface area contributed by atoms with E-state index >= 15 is 0 Å². The van der Waals surface area contributed by atoms with E-state index in [0.717, 1.165) is 55.8 Å². The molecule has 65 heavy (non-hydrogen) atoms. The van der Waals surface area contributed by atoms with Crippen LogP contribution in [-0.2, 0) is 31.4 Å². The highest BCUT2D eigenvalue weighted by molar-refractivity contribution is 6.74. The third kappa shape index (κ3) is 25.8. The smallest absolute Gasteiger partial charge is 0.322 e. The number of unbranched alkanes of at least 4 members (excludes halogenated alkanes) is 14. The molecule has 2 N–H and O–H groups in total. The fourth-order valence-electron chi connectivity index (χ4n) is 7.91. The van der Waals surface area contributed by atoms with Crippen LogP contribution in [0.15, 0.2) is 54.6 Å². The molecule has 2 aromatic rings. The van der Waals surface area contributed by atoms with Crippen LogP contribution in [0.2, 0.25) is 36.3 Å². The molecular weight excluding hydrogens is 837 g/mol. The lowest BCUT2D eigenvalue weighted by Gasteiger charge is -2.42. The molecule has 0 aliphatic carbocycles. The molecule has 0 aliphatic rings. The van der Waals surface area contributed by atoms with Crippen LogP contribution in [0.5, 0.6) is 5.75 Å². The van der Waals surface area contributed by atoms with Crippen molar-refractivity contribution in [2.75, 3.05) is 26.2 Å². The van der Waals surface area contributed by atoms with Gasteiger partial charge in [0.2, 0.25) is 0 Å². The summed E-state index contributed by atoms with van der Waals surface area (Å²) in [4.78, 5) is 15.8. The van der Waals surface area contributed by atoms with Gasteiger partial charge in [-0.2, -0.15) is 0 Å². The SMILES string of the molecule is CCCCCCCCCCC(CN(CCCOC(=O)[C@@H](N)CCc1ccc(OCc2ccccc2)cc1)CC(CCCCCCCCCC)O[Si](C)(C)C(C)(C)C)O[Si](C)(C)C(C)(C)C. The number of ether oxygens (including phenoxy) is 2. The Hall–Kier alpha value is -2.02. The van der Waals surface area contributed by atoms with E-state index in [2.05, 4.69) is 111 Å². The van der Waals surface area contributed by atoms with Gasteiger partial charge in [0.05, 0.1) is 18.8 Å². The number of esters is 1. The molecule has 0 saturated carbocycles. The molecule has 0 aromatic heterocycles. The van der Waals surface area contributed by atoms with Crippen LogP contribution in [0.25, 0.3) is 0 Å². The summed E-state index contributed by atoms with van der Waals surface area (Å²) < 4.78 is 26.5. The zero-order valence-electron chi connectivity index (χ0n) is 44.4. The van der Waals surface area contributed by atoms with Crippen molar-refractivity contribution in [3.8, 4) is 5.75 Å². The van der Waals surface area contributed by atoms with Gasteiger partial charge in [-0.05, 0) is 91.6 Å². The molecular formula is C56H102N2O5Si2. The molecule has 2 unspecified atom stereocenters. The average Bonchev–Trinajstić information content (AvgIpc) is 3.24. The summed E-state index contributed by atoms with van der Waals surface area (Å²) in [5.74, 6) is 0.509. The Labute approximate surface area is 403 Å². The van der Waals surface area contributed by atoms with Crippen LogP contribution in [0.4, 0.5) is 0 Å². The number of carbonyl (C=O) groups is 1. The maximum Gasteiger partial charge on any atom is 0.322 e. The largest absolute Gasteiger partial charge is 0.489 e. The summed E-state index contributed by atoms with van der Waals surface area (Å²) in [6, 6.07) is 17.6. The number of nitrogens with zero attached hydrogens (tertiary/aromatic N) is 1. The van der Waals surface area contributed by atoms with Crippen LogP contribution in [0, 0.1) is 0 Å². The van der Waals surface area contributed by atoms with Gasteiger partial charge in [-0.3, -0.25) is 9.69 Å². The second kappa shape index (κ2) is 31.9. The molecule has 3 atom stereocenters. The predicted molar refractivity (Wildman–Crippen MR) is 284 cm³/mol. The normalized spacial score (nSPS) is 14.1. The van der Waals surface area contributed by atoms with E-state index in [4.69, 9.17) is 24.1 Å². The minimum absolute atomic E-state index is 0.132. The maximum absolute atomic E-state index is 13.2. The Morgan fingerprint density at radius 1 is 0.585 bits per heavy atom. The lowest BCUT2D eigenvalue weighted by Crippen LogP contribution is -2.50. The van der Waals surface area contributed by atoms with Gasteiger partial charge in [0.15, 0.2) is 16.6 Å². The fourth-order valence-corrected chi connectivity index (χ4v) is 10.7. The quantitative estimate of drug-likeness (QED) is 0.0410. The first-order valence-corrected chi connectivity index (χ1v) is 32.4. The van der Waals surface area contributed by atoms with Crippen LogP contribution >= 0.6 is 0 Å². The predicted octanol–water partition coefficient (Wildman–Crippen LogP) is 15.6. The van der Waals surface area contributed by atoms with Crippen molar-refractivity contribution in [3.63, 3.8) is 0 Å². The van der Waals surface area contributed by atoms with Gasteiger partial charge in [0.1, 0.15) is 18.4 Å². The minimum atomic E-state index is -2.03. The Bertz CT molecular complexity index is 1440. The summed E-state index contributed by atoms with van der Waals surface area (Å²) in [7, 11) is -4.06. The van der Waals surface area contributed by atoms with E-state index < -0.39 is 22.7 Å². The summed E-state index contributed by atoms with van der Waals surface area (Å²) in [6.45, 7) is 31.8. The monoisotopic (exact) mass is 939 g/mol. The summed E-state index contributed by atoms with van der Waals surface area (Å²) >= 11 is 0. The van der Waals surface area contributed by atoms with Crippen LogP contribution < -0.4 is 10.5 Å². The van der Waals surface area contributed by atoms with E-state index in [-0.39, 0.29) is 28.3 Å². The summed E-state index contributed by atoms with van der Waals surface area (Å²) in [6.07, 6.45) is 25.4. The zero-order valence-corrected chi connectivity index (χ0v) is 46.4. The second-order valence-corrected chi connectivity index (χ2v) is 31.9. The molecule has 7 nitrogen and oxygen atoms in total. The highest BCUT2D eigenvalue weighted by Gasteiger charge is 2.41. The number of aryl methyl sites for hydroxylation is 1. The van der Waals surface area contributed by atoms with E-state index in [1.807, 2.05) is 30.3 Å². The molecule has 0 spiro atoms. The molecule has 0 fully saturated rings. The van der Waals surface area contributed by atoms with Gasteiger partial charge in [-0.25, -0.2) is 0 Å². The summed E-state index contributed by atoms with van der Waals surface area (Å²) in [5, 5.41) is 0.264. The van der Waals surface area contributed by atoms with Crippen molar-refractivity contribution in [1.82, 2.24) is 4.90 Å². The van der Waals surface area contributed by atoms with Crippen LogP contribution in [0.1, 0.15) is 195 Å². The number of benzene rings is 2. The molecule has 0 heterocycles. The Morgan fingerprint density at radius 3 is 1.48 bits per heavy atom. The first-order chi connectivity index (χ1) is 30.8. The fraction of sp³-hybridized carbons (Fsp3) is 0.768. The van der Waals surface area contributed by atoms with Crippen molar-refractivity contribution in [3.05, 3.63) is 65.7 Å². The number of hydrogen-bond acceptors (Lipinski definition) is 7. The van der Waals surface area contributed by atoms with E-state index in [1.54, 1.807) is 0 Å². The lowest BCUT2D eigenvalue weighted by atomic mass is 10.0. The first kappa shape index (κ1) is 59.1. The van der Waals surface area contributed by atoms with Crippen LogP contribution in [-0.4, -0.2) is 72.0 Å². The first-order valence-electron chi connectivity index (χ1n) is 26.5. The maximum atomic E-state index is 13.2. The molecule has 0 radical (unpaired) electrons. The topological polar surface area (TPSA) is 83.3 Å². The number of rotatable bonds is 37. The highest BCUT2D eigenvalue weighted by Crippen LogP contribution is 2.39. The van der Waals surface area contributed by atoms with E-state index in [9.17, 15) is 4.79 Å². The molecule has 2 aromatic carbocycles. The third-order valence-electron chi connectivity index (χ3n) is 14.3. The van der Waals surface area contributed by atoms with Crippen molar-refractivity contribution in [2.24, 2.45) is 5.73 Å². The molecule has 374 valence electrons.